The maximum Gasteiger partial charge on any atom is 0.146 e. The lowest BCUT2D eigenvalue weighted by Crippen LogP contribution is -2.35. The molecule has 1 saturated heterocycles. The lowest BCUT2D eigenvalue weighted by molar-refractivity contribution is 0.538. The zero-order chi connectivity index (χ0) is 14.5. The van der Waals surface area contributed by atoms with Crippen LogP contribution >= 0.6 is 0 Å². The smallest absolute Gasteiger partial charge is 0.146 e. The Kier molecular flexibility index (Phi) is 5.41. The van der Waals surface area contributed by atoms with Gasteiger partial charge in [-0.3, -0.25) is 0 Å². The van der Waals surface area contributed by atoms with Crippen molar-refractivity contribution in [2.24, 2.45) is 0 Å². The molecule has 2 nitrogen and oxygen atoms in total. The van der Waals surface area contributed by atoms with Gasteiger partial charge in [0.2, 0.25) is 0 Å². The molecular formula is C17H27FN2. The van der Waals surface area contributed by atoms with Gasteiger partial charge in [0, 0.05) is 18.6 Å². The van der Waals surface area contributed by atoms with Crippen molar-refractivity contribution in [2.75, 3.05) is 18.5 Å². The summed E-state index contributed by atoms with van der Waals surface area (Å²) in [5.41, 5.74) is 1.79. The molecule has 1 aromatic rings. The van der Waals surface area contributed by atoms with E-state index in [9.17, 15) is 4.39 Å². The molecule has 1 aliphatic heterocycles. The Hall–Kier alpha value is -1.09. The molecule has 0 aromatic heterocycles. The third-order valence-electron chi connectivity index (χ3n) is 4.56. The highest BCUT2D eigenvalue weighted by molar-refractivity contribution is 5.50. The average molecular weight is 278 g/mol. The fourth-order valence-corrected chi connectivity index (χ4v) is 3.11. The van der Waals surface area contributed by atoms with Crippen molar-refractivity contribution in [3.05, 3.63) is 29.6 Å². The number of hydrogen-bond donors (Lipinski definition) is 1. The van der Waals surface area contributed by atoms with Gasteiger partial charge in [-0.05, 0) is 50.9 Å². The van der Waals surface area contributed by atoms with Crippen LogP contribution in [0.3, 0.4) is 0 Å². The molecular weight excluding hydrogens is 251 g/mol. The molecule has 3 heteroatoms. The molecule has 0 bridgehead atoms. The molecule has 2 unspecified atom stereocenters. The van der Waals surface area contributed by atoms with Crippen molar-refractivity contribution >= 4 is 5.69 Å². The summed E-state index contributed by atoms with van der Waals surface area (Å²) in [4.78, 5) is 2.29. The topological polar surface area (TPSA) is 15.3 Å². The second-order valence-corrected chi connectivity index (χ2v) is 5.83. The fourth-order valence-electron chi connectivity index (χ4n) is 3.11. The van der Waals surface area contributed by atoms with Gasteiger partial charge in [-0.15, -0.1) is 0 Å². The summed E-state index contributed by atoms with van der Waals surface area (Å²) in [6.07, 6.45) is 5.98. The van der Waals surface area contributed by atoms with E-state index in [0.29, 0.717) is 6.04 Å². The Labute approximate surface area is 122 Å². The number of halogens is 1. The van der Waals surface area contributed by atoms with E-state index >= 15 is 0 Å². The maximum absolute atomic E-state index is 14.5. The highest BCUT2D eigenvalue weighted by Gasteiger charge is 2.22. The third-order valence-corrected chi connectivity index (χ3v) is 4.56. The van der Waals surface area contributed by atoms with Crippen LogP contribution < -0.4 is 10.2 Å². The molecule has 0 radical (unpaired) electrons. The molecule has 1 heterocycles. The van der Waals surface area contributed by atoms with E-state index in [1.165, 1.54) is 25.7 Å². The van der Waals surface area contributed by atoms with Crippen LogP contribution in [0.15, 0.2) is 18.2 Å². The summed E-state index contributed by atoms with van der Waals surface area (Å²) >= 11 is 0. The van der Waals surface area contributed by atoms with E-state index in [1.54, 1.807) is 6.07 Å². The standard InChI is InChI=1S/C17H27FN2/c1-4-15-8-6-5-7-11-20(15)17-10-9-14(12-16(17)18)13(2)19-3/h9-10,12-13,15,19H,4-8,11H2,1-3H3. The minimum Gasteiger partial charge on any atom is -0.366 e. The van der Waals surface area contributed by atoms with Crippen LogP contribution in [0.25, 0.3) is 0 Å². The molecule has 112 valence electrons. The van der Waals surface area contributed by atoms with E-state index in [4.69, 9.17) is 0 Å². The van der Waals surface area contributed by atoms with Crippen molar-refractivity contribution in [3.8, 4) is 0 Å². The van der Waals surface area contributed by atoms with E-state index in [1.807, 2.05) is 13.1 Å². The van der Waals surface area contributed by atoms with Gasteiger partial charge < -0.3 is 10.2 Å². The van der Waals surface area contributed by atoms with Crippen LogP contribution in [-0.4, -0.2) is 19.6 Å². The van der Waals surface area contributed by atoms with Crippen LogP contribution in [0.1, 0.15) is 57.6 Å². The number of anilines is 1. The summed E-state index contributed by atoms with van der Waals surface area (Å²) in [5.74, 6) is -0.0787. The first kappa shape index (κ1) is 15.3. The van der Waals surface area contributed by atoms with Crippen molar-refractivity contribution in [2.45, 2.75) is 58.0 Å². The largest absolute Gasteiger partial charge is 0.366 e. The maximum atomic E-state index is 14.5. The third kappa shape index (κ3) is 3.32. The van der Waals surface area contributed by atoms with E-state index < -0.39 is 0 Å². The quantitative estimate of drug-likeness (QED) is 0.885. The molecule has 0 aliphatic carbocycles. The van der Waals surface area contributed by atoms with Gasteiger partial charge >= 0.3 is 0 Å². The normalized spacial score (nSPS) is 21.6. The van der Waals surface area contributed by atoms with Gasteiger partial charge in [-0.25, -0.2) is 4.39 Å². The van der Waals surface area contributed by atoms with Crippen molar-refractivity contribution in [1.82, 2.24) is 5.32 Å². The summed E-state index contributed by atoms with van der Waals surface area (Å²) in [6, 6.07) is 6.38. The zero-order valence-electron chi connectivity index (χ0n) is 13.0. The van der Waals surface area contributed by atoms with Gasteiger partial charge in [0.15, 0.2) is 0 Å². The minimum atomic E-state index is -0.0787. The molecule has 20 heavy (non-hydrogen) atoms. The van der Waals surface area contributed by atoms with E-state index in [-0.39, 0.29) is 11.9 Å². The molecule has 0 amide bonds. The van der Waals surface area contributed by atoms with Gasteiger partial charge in [-0.1, -0.05) is 25.8 Å². The fraction of sp³-hybridized carbons (Fsp3) is 0.647. The Bertz CT molecular complexity index is 433. The van der Waals surface area contributed by atoms with Crippen LogP contribution in [0, 0.1) is 5.82 Å². The summed E-state index contributed by atoms with van der Waals surface area (Å²) < 4.78 is 14.5. The van der Waals surface area contributed by atoms with Crippen LogP contribution in [0.5, 0.6) is 0 Å². The first-order valence-electron chi connectivity index (χ1n) is 7.90. The van der Waals surface area contributed by atoms with E-state index in [2.05, 4.69) is 30.1 Å². The lowest BCUT2D eigenvalue weighted by atomic mass is 10.0. The van der Waals surface area contributed by atoms with Crippen molar-refractivity contribution < 1.29 is 4.39 Å². The Balaban J connectivity index is 2.26. The monoisotopic (exact) mass is 278 g/mol. The highest BCUT2D eigenvalue weighted by Crippen LogP contribution is 2.29. The number of hydrogen-bond acceptors (Lipinski definition) is 2. The first-order valence-corrected chi connectivity index (χ1v) is 7.90. The molecule has 2 rings (SSSR count). The number of nitrogens with one attached hydrogen (secondary N) is 1. The van der Waals surface area contributed by atoms with Crippen LogP contribution in [0.2, 0.25) is 0 Å². The van der Waals surface area contributed by atoms with Crippen LogP contribution in [0.4, 0.5) is 10.1 Å². The SMILES string of the molecule is CCC1CCCCCN1c1ccc(C(C)NC)cc1F. The second-order valence-electron chi connectivity index (χ2n) is 5.83. The van der Waals surface area contributed by atoms with Gasteiger partial charge in [0.05, 0.1) is 5.69 Å². The molecule has 1 aliphatic rings. The molecule has 1 fully saturated rings. The Morgan fingerprint density at radius 2 is 2.15 bits per heavy atom. The highest BCUT2D eigenvalue weighted by atomic mass is 19.1. The lowest BCUT2D eigenvalue weighted by Gasteiger charge is -2.32. The average Bonchev–Trinajstić information content (AvgIpc) is 2.71. The first-order chi connectivity index (χ1) is 9.67. The van der Waals surface area contributed by atoms with Crippen LogP contribution in [-0.2, 0) is 0 Å². The molecule has 2 atom stereocenters. The van der Waals surface area contributed by atoms with Crippen molar-refractivity contribution in [3.63, 3.8) is 0 Å². The second kappa shape index (κ2) is 7.07. The Morgan fingerprint density at radius 3 is 2.80 bits per heavy atom. The molecule has 0 saturated carbocycles. The number of rotatable bonds is 4. The summed E-state index contributed by atoms with van der Waals surface area (Å²) in [7, 11) is 1.90. The number of nitrogens with zero attached hydrogens (tertiary/aromatic N) is 1. The predicted molar refractivity (Wildman–Crippen MR) is 83.8 cm³/mol. The predicted octanol–water partition coefficient (Wildman–Crippen LogP) is 4.27. The summed E-state index contributed by atoms with van der Waals surface area (Å²) in [5, 5.41) is 3.16. The van der Waals surface area contributed by atoms with Gasteiger partial charge in [0.1, 0.15) is 5.82 Å². The van der Waals surface area contributed by atoms with Crippen molar-refractivity contribution in [1.29, 1.82) is 0 Å². The molecule has 1 N–H and O–H groups in total. The summed E-state index contributed by atoms with van der Waals surface area (Å²) in [6.45, 7) is 5.24. The van der Waals surface area contributed by atoms with E-state index in [0.717, 1.165) is 24.2 Å². The molecule has 0 spiro atoms. The molecule has 1 aromatic carbocycles. The zero-order valence-corrected chi connectivity index (χ0v) is 13.0. The Morgan fingerprint density at radius 1 is 1.35 bits per heavy atom. The minimum absolute atomic E-state index is 0.0787. The number of benzene rings is 1. The van der Waals surface area contributed by atoms with Gasteiger partial charge in [0.25, 0.3) is 0 Å². The van der Waals surface area contributed by atoms with Gasteiger partial charge in [-0.2, -0.15) is 0 Å².